The summed E-state index contributed by atoms with van der Waals surface area (Å²) >= 11 is 0. The van der Waals surface area contributed by atoms with Crippen molar-refractivity contribution in [2.24, 2.45) is 0 Å². The minimum Gasteiger partial charge on any atom is -0.397 e. The van der Waals surface area contributed by atoms with Gasteiger partial charge in [-0.05, 0) is 23.3 Å². The number of piperazine rings is 1. The Morgan fingerprint density at radius 3 is 2.40 bits per heavy atom. The predicted molar refractivity (Wildman–Crippen MR) is 118 cm³/mol. The third-order valence-corrected chi connectivity index (χ3v) is 5.47. The van der Waals surface area contributed by atoms with Crippen LogP contribution in [0.5, 0.6) is 0 Å². The Morgan fingerprint density at radius 2 is 1.70 bits per heavy atom. The third-order valence-electron chi connectivity index (χ3n) is 5.47. The lowest BCUT2D eigenvalue weighted by molar-refractivity contribution is 0.145. The fourth-order valence-corrected chi connectivity index (χ4v) is 3.97. The molecule has 2 aromatic heterocycles. The SMILES string of the molecule is C=C(c1cncc(N)c1)N1CCN([C@H](c2ccccc2)c2cncc(C#N)c2)CC1. The van der Waals surface area contributed by atoms with E-state index in [9.17, 15) is 5.26 Å². The first kappa shape index (κ1) is 19.6. The number of hydrogen-bond donors (Lipinski definition) is 1. The second kappa shape index (κ2) is 8.76. The van der Waals surface area contributed by atoms with Gasteiger partial charge in [0.15, 0.2) is 0 Å². The van der Waals surface area contributed by atoms with Crippen LogP contribution in [0, 0.1) is 11.3 Å². The molecule has 0 aliphatic carbocycles. The Kier molecular flexibility index (Phi) is 5.73. The Balaban J connectivity index is 1.55. The molecular weight excluding hydrogens is 372 g/mol. The number of aromatic nitrogens is 2. The van der Waals surface area contributed by atoms with Gasteiger partial charge in [-0.1, -0.05) is 36.9 Å². The van der Waals surface area contributed by atoms with Crippen LogP contribution in [0.4, 0.5) is 5.69 Å². The molecule has 2 N–H and O–H groups in total. The molecule has 1 saturated heterocycles. The average Bonchev–Trinajstić information content (AvgIpc) is 2.80. The maximum atomic E-state index is 9.31. The second-order valence-electron chi connectivity index (χ2n) is 7.41. The first-order chi connectivity index (χ1) is 14.7. The third kappa shape index (κ3) is 4.17. The number of nitrogens with zero attached hydrogens (tertiary/aromatic N) is 5. The van der Waals surface area contributed by atoms with Gasteiger partial charge in [0.1, 0.15) is 6.07 Å². The Bertz CT molecular complexity index is 1060. The summed E-state index contributed by atoms with van der Waals surface area (Å²) in [5.41, 5.74) is 11.2. The smallest absolute Gasteiger partial charge is 0.101 e. The lowest BCUT2D eigenvalue weighted by atomic mass is 9.96. The molecule has 0 unspecified atom stereocenters. The molecule has 1 aromatic carbocycles. The van der Waals surface area contributed by atoms with Gasteiger partial charge in [-0.3, -0.25) is 14.9 Å². The van der Waals surface area contributed by atoms with Crippen LogP contribution in [0.25, 0.3) is 5.70 Å². The Hall–Kier alpha value is -3.69. The summed E-state index contributed by atoms with van der Waals surface area (Å²) in [4.78, 5) is 13.2. The number of rotatable bonds is 5. The van der Waals surface area contributed by atoms with Crippen LogP contribution in [0.15, 0.2) is 73.8 Å². The number of nitrogen functional groups attached to an aromatic ring is 1. The molecule has 1 aliphatic heterocycles. The molecule has 0 spiro atoms. The fourth-order valence-electron chi connectivity index (χ4n) is 3.97. The zero-order chi connectivity index (χ0) is 20.9. The molecule has 0 amide bonds. The molecule has 4 rings (SSSR count). The van der Waals surface area contributed by atoms with Crippen LogP contribution in [-0.4, -0.2) is 45.9 Å². The Morgan fingerprint density at radius 1 is 0.967 bits per heavy atom. The molecule has 6 heteroatoms. The zero-order valence-corrected chi connectivity index (χ0v) is 16.8. The molecule has 0 saturated carbocycles. The maximum absolute atomic E-state index is 9.31. The molecular formula is C24H24N6. The van der Waals surface area contributed by atoms with Gasteiger partial charge in [0, 0.05) is 62.2 Å². The minimum atomic E-state index is 0.0523. The summed E-state index contributed by atoms with van der Waals surface area (Å²) in [6.45, 7) is 7.70. The largest absolute Gasteiger partial charge is 0.397 e. The highest BCUT2D eigenvalue weighted by atomic mass is 15.3. The molecule has 6 nitrogen and oxygen atoms in total. The average molecular weight is 396 g/mol. The van der Waals surface area contributed by atoms with Gasteiger partial charge < -0.3 is 10.6 Å². The number of pyridine rings is 2. The van der Waals surface area contributed by atoms with Crippen LogP contribution >= 0.6 is 0 Å². The van der Waals surface area contributed by atoms with E-state index in [-0.39, 0.29) is 6.04 Å². The van der Waals surface area contributed by atoms with Crippen LogP contribution in [-0.2, 0) is 0 Å². The first-order valence-electron chi connectivity index (χ1n) is 9.94. The summed E-state index contributed by atoms with van der Waals surface area (Å²) in [5.74, 6) is 0. The summed E-state index contributed by atoms with van der Waals surface area (Å²) in [6, 6.07) is 16.5. The van der Waals surface area contributed by atoms with Crippen LogP contribution in [0.2, 0.25) is 0 Å². The summed E-state index contributed by atoms with van der Waals surface area (Å²) < 4.78 is 0. The van der Waals surface area contributed by atoms with Crippen molar-refractivity contribution in [1.82, 2.24) is 19.8 Å². The highest BCUT2D eigenvalue weighted by Gasteiger charge is 2.27. The fraction of sp³-hybridized carbons (Fsp3) is 0.208. The van der Waals surface area contributed by atoms with E-state index >= 15 is 0 Å². The number of nitriles is 1. The van der Waals surface area contributed by atoms with E-state index in [0.717, 1.165) is 43.0 Å². The molecule has 150 valence electrons. The van der Waals surface area contributed by atoms with Gasteiger partial charge in [0.25, 0.3) is 0 Å². The quantitative estimate of drug-likeness (QED) is 0.713. The minimum absolute atomic E-state index is 0.0523. The van der Waals surface area contributed by atoms with Crippen molar-refractivity contribution in [2.45, 2.75) is 6.04 Å². The van der Waals surface area contributed by atoms with E-state index < -0.39 is 0 Å². The maximum Gasteiger partial charge on any atom is 0.101 e. The van der Waals surface area contributed by atoms with Crippen molar-refractivity contribution < 1.29 is 0 Å². The summed E-state index contributed by atoms with van der Waals surface area (Å²) in [5, 5.41) is 9.31. The van der Waals surface area contributed by atoms with Crippen molar-refractivity contribution in [3.8, 4) is 6.07 Å². The van der Waals surface area contributed by atoms with Gasteiger partial charge in [-0.25, -0.2) is 0 Å². The summed E-state index contributed by atoms with van der Waals surface area (Å²) in [6.07, 6.45) is 6.91. The van der Waals surface area contributed by atoms with E-state index in [1.54, 1.807) is 18.6 Å². The molecule has 1 aliphatic rings. The highest BCUT2D eigenvalue weighted by molar-refractivity contribution is 5.64. The highest BCUT2D eigenvalue weighted by Crippen LogP contribution is 2.31. The van der Waals surface area contributed by atoms with Gasteiger partial charge in [-0.15, -0.1) is 0 Å². The van der Waals surface area contributed by atoms with Crippen LogP contribution in [0.3, 0.4) is 0 Å². The predicted octanol–water partition coefficient (Wildman–Crippen LogP) is 3.31. The molecule has 3 aromatic rings. The first-order valence-corrected chi connectivity index (χ1v) is 9.94. The van der Waals surface area contributed by atoms with Gasteiger partial charge >= 0.3 is 0 Å². The van der Waals surface area contributed by atoms with Crippen molar-refractivity contribution in [1.29, 1.82) is 5.26 Å². The molecule has 1 fully saturated rings. The Labute approximate surface area is 176 Å². The topological polar surface area (TPSA) is 82.1 Å². The van der Waals surface area contributed by atoms with Crippen LogP contribution in [0.1, 0.15) is 28.3 Å². The van der Waals surface area contributed by atoms with Crippen LogP contribution < -0.4 is 5.73 Å². The molecule has 3 heterocycles. The van der Waals surface area contributed by atoms with E-state index in [4.69, 9.17) is 5.73 Å². The van der Waals surface area contributed by atoms with E-state index in [1.807, 2.05) is 24.4 Å². The number of hydrogen-bond acceptors (Lipinski definition) is 6. The molecule has 1 atom stereocenters. The van der Waals surface area contributed by atoms with Crippen molar-refractivity contribution in [3.63, 3.8) is 0 Å². The van der Waals surface area contributed by atoms with Gasteiger partial charge in [-0.2, -0.15) is 5.26 Å². The number of nitrogens with two attached hydrogens (primary N) is 1. The molecule has 0 radical (unpaired) electrons. The monoisotopic (exact) mass is 396 g/mol. The summed E-state index contributed by atoms with van der Waals surface area (Å²) in [7, 11) is 0. The molecule has 0 bridgehead atoms. The standard InChI is InChI=1S/C24H24N6/c1-18(21-12-23(26)17-28-15-21)29-7-9-30(10-8-29)24(20-5-3-2-4-6-20)22-11-19(13-25)14-27-16-22/h2-6,11-12,14-17,24H,1,7-10,26H2/t24-/m1/s1. The lowest BCUT2D eigenvalue weighted by Crippen LogP contribution is -2.47. The van der Waals surface area contributed by atoms with Gasteiger partial charge in [0.2, 0.25) is 0 Å². The number of anilines is 1. The van der Waals surface area contributed by atoms with E-state index in [2.05, 4.69) is 56.7 Å². The van der Waals surface area contributed by atoms with Crippen molar-refractivity contribution in [2.75, 3.05) is 31.9 Å². The second-order valence-corrected chi connectivity index (χ2v) is 7.41. The number of benzene rings is 1. The van der Waals surface area contributed by atoms with Crippen molar-refractivity contribution >= 4 is 11.4 Å². The normalized spacial score (nSPS) is 15.4. The van der Waals surface area contributed by atoms with E-state index in [0.29, 0.717) is 11.3 Å². The molecule has 30 heavy (non-hydrogen) atoms. The van der Waals surface area contributed by atoms with E-state index in [1.165, 1.54) is 5.56 Å². The lowest BCUT2D eigenvalue weighted by Gasteiger charge is -2.41. The zero-order valence-electron chi connectivity index (χ0n) is 16.8. The van der Waals surface area contributed by atoms with Crippen molar-refractivity contribution in [3.05, 3.63) is 96.1 Å². The van der Waals surface area contributed by atoms with Gasteiger partial charge in [0.05, 0.1) is 17.3 Å².